The maximum Gasteiger partial charge on any atom is 0.364 e. The Hall–Kier alpha value is -3.59. The van der Waals surface area contributed by atoms with Crippen LogP contribution in [0.3, 0.4) is 0 Å². The number of rotatable bonds is 7. The normalized spacial score (nSPS) is 13.7. The van der Waals surface area contributed by atoms with Gasteiger partial charge in [0.25, 0.3) is 5.88 Å². The Morgan fingerprint density at radius 1 is 1.00 bits per heavy atom. The van der Waals surface area contributed by atoms with Crippen molar-refractivity contribution in [3.63, 3.8) is 0 Å². The molecule has 0 radical (unpaired) electrons. The Labute approximate surface area is 180 Å². The number of esters is 1. The molecule has 0 N–H and O–H groups in total. The van der Waals surface area contributed by atoms with Crippen molar-refractivity contribution in [2.45, 2.75) is 6.54 Å². The standard InChI is InChI=1S/C22H24N4O5/c1-28-18-7-3-16(4-8-18)15-26-21(20(23-24-26)22(27)29-2)31-19-9-5-17(6-10-19)25-11-13-30-14-12-25/h3-10H,11-15H2,1-2H3. The molecule has 0 unspecified atom stereocenters. The van der Waals surface area contributed by atoms with Gasteiger partial charge in [0, 0.05) is 18.8 Å². The smallest absolute Gasteiger partial charge is 0.364 e. The molecule has 9 nitrogen and oxygen atoms in total. The molecule has 0 atom stereocenters. The van der Waals surface area contributed by atoms with Gasteiger partial charge in [-0.2, -0.15) is 0 Å². The second-order valence-corrected chi connectivity index (χ2v) is 6.94. The molecule has 2 aromatic carbocycles. The summed E-state index contributed by atoms with van der Waals surface area (Å²) in [6.45, 7) is 3.51. The molecule has 3 aromatic rings. The first-order valence-corrected chi connectivity index (χ1v) is 9.93. The molecule has 0 spiro atoms. The van der Waals surface area contributed by atoms with E-state index in [-0.39, 0.29) is 11.6 Å². The lowest BCUT2D eigenvalue weighted by Crippen LogP contribution is -2.36. The Bertz CT molecular complexity index is 1010. The summed E-state index contributed by atoms with van der Waals surface area (Å²) in [6.07, 6.45) is 0. The van der Waals surface area contributed by atoms with Gasteiger partial charge in [-0.15, -0.1) is 5.10 Å². The van der Waals surface area contributed by atoms with E-state index in [1.54, 1.807) is 7.11 Å². The second kappa shape index (κ2) is 9.48. The molecule has 162 valence electrons. The van der Waals surface area contributed by atoms with E-state index < -0.39 is 5.97 Å². The highest BCUT2D eigenvalue weighted by atomic mass is 16.5. The quantitative estimate of drug-likeness (QED) is 0.535. The molecule has 31 heavy (non-hydrogen) atoms. The summed E-state index contributed by atoms with van der Waals surface area (Å²) in [5.41, 5.74) is 2.07. The van der Waals surface area contributed by atoms with Crippen molar-refractivity contribution in [2.24, 2.45) is 0 Å². The van der Waals surface area contributed by atoms with Crippen molar-refractivity contribution in [2.75, 3.05) is 45.4 Å². The lowest BCUT2D eigenvalue weighted by molar-refractivity contribution is 0.0590. The predicted octanol–water partition coefficient (Wildman–Crippen LogP) is 2.75. The van der Waals surface area contributed by atoms with Gasteiger partial charge in [-0.3, -0.25) is 0 Å². The number of aromatic nitrogens is 3. The van der Waals surface area contributed by atoms with Crippen molar-refractivity contribution >= 4 is 11.7 Å². The van der Waals surface area contributed by atoms with Gasteiger partial charge in [0.15, 0.2) is 0 Å². The van der Waals surface area contributed by atoms with Crippen molar-refractivity contribution in [3.8, 4) is 17.4 Å². The van der Waals surface area contributed by atoms with E-state index in [1.807, 2.05) is 48.5 Å². The molecule has 9 heteroatoms. The molecular formula is C22H24N4O5. The number of morpholine rings is 1. The Kier molecular flexibility index (Phi) is 6.32. The summed E-state index contributed by atoms with van der Waals surface area (Å²) in [5.74, 6) is 0.942. The fraction of sp³-hybridized carbons (Fsp3) is 0.318. The first kappa shape index (κ1) is 20.7. The van der Waals surface area contributed by atoms with Gasteiger partial charge >= 0.3 is 5.97 Å². The topological polar surface area (TPSA) is 87.9 Å². The number of carbonyl (C=O) groups is 1. The van der Waals surface area contributed by atoms with Gasteiger partial charge < -0.3 is 23.8 Å². The van der Waals surface area contributed by atoms with Crippen LogP contribution in [0.4, 0.5) is 5.69 Å². The maximum absolute atomic E-state index is 12.2. The van der Waals surface area contributed by atoms with Crippen molar-refractivity contribution < 1.29 is 23.7 Å². The molecule has 1 aliphatic rings. The fourth-order valence-corrected chi connectivity index (χ4v) is 3.30. The lowest BCUT2D eigenvalue weighted by Gasteiger charge is -2.28. The molecule has 1 saturated heterocycles. The highest BCUT2D eigenvalue weighted by Gasteiger charge is 2.23. The largest absolute Gasteiger partial charge is 0.497 e. The van der Waals surface area contributed by atoms with E-state index in [0.29, 0.717) is 12.3 Å². The van der Waals surface area contributed by atoms with Crippen LogP contribution in [0.2, 0.25) is 0 Å². The number of nitrogens with zero attached hydrogens (tertiary/aromatic N) is 4. The summed E-state index contributed by atoms with van der Waals surface area (Å²) < 4.78 is 23.0. The summed E-state index contributed by atoms with van der Waals surface area (Å²) in [4.78, 5) is 14.4. The number of hydrogen-bond acceptors (Lipinski definition) is 8. The number of ether oxygens (including phenoxy) is 4. The average Bonchev–Trinajstić information content (AvgIpc) is 3.22. The maximum atomic E-state index is 12.2. The van der Waals surface area contributed by atoms with Crippen LogP contribution in [0.5, 0.6) is 17.4 Å². The van der Waals surface area contributed by atoms with Crippen LogP contribution in [0.15, 0.2) is 48.5 Å². The SMILES string of the molecule is COC(=O)c1nnn(Cc2ccc(OC)cc2)c1Oc1ccc(N2CCOCC2)cc1. The van der Waals surface area contributed by atoms with E-state index in [1.165, 1.54) is 11.8 Å². The monoisotopic (exact) mass is 424 g/mol. The number of benzene rings is 2. The highest BCUT2D eigenvalue weighted by Crippen LogP contribution is 2.28. The predicted molar refractivity (Wildman–Crippen MR) is 113 cm³/mol. The molecule has 0 aliphatic carbocycles. The van der Waals surface area contributed by atoms with Crippen LogP contribution < -0.4 is 14.4 Å². The van der Waals surface area contributed by atoms with Crippen molar-refractivity contribution in [1.29, 1.82) is 0 Å². The van der Waals surface area contributed by atoms with E-state index in [2.05, 4.69) is 15.2 Å². The van der Waals surface area contributed by atoms with Crippen LogP contribution >= 0.6 is 0 Å². The lowest BCUT2D eigenvalue weighted by atomic mass is 10.2. The fourth-order valence-electron chi connectivity index (χ4n) is 3.30. The molecule has 0 amide bonds. The third-order valence-electron chi connectivity index (χ3n) is 4.99. The zero-order chi connectivity index (χ0) is 21.6. The second-order valence-electron chi connectivity index (χ2n) is 6.94. The van der Waals surface area contributed by atoms with E-state index >= 15 is 0 Å². The Morgan fingerprint density at radius 3 is 2.32 bits per heavy atom. The van der Waals surface area contributed by atoms with Crippen LogP contribution in [-0.2, 0) is 16.0 Å². The summed E-state index contributed by atoms with van der Waals surface area (Å²) >= 11 is 0. The number of methoxy groups -OCH3 is 2. The van der Waals surface area contributed by atoms with Crippen molar-refractivity contribution in [3.05, 3.63) is 59.8 Å². The van der Waals surface area contributed by atoms with Gasteiger partial charge in [-0.05, 0) is 42.0 Å². The van der Waals surface area contributed by atoms with Crippen LogP contribution in [0, 0.1) is 0 Å². The summed E-state index contributed by atoms with van der Waals surface area (Å²) in [6, 6.07) is 15.2. The minimum atomic E-state index is -0.610. The van der Waals surface area contributed by atoms with Gasteiger partial charge in [0.05, 0.1) is 34.0 Å². The molecule has 1 aliphatic heterocycles. The van der Waals surface area contributed by atoms with Gasteiger partial charge in [-0.1, -0.05) is 17.3 Å². The molecular weight excluding hydrogens is 400 g/mol. The number of anilines is 1. The molecule has 0 saturated carbocycles. The average molecular weight is 424 g/mol. The third kappa shape index (κ3) is 4.77. The number of hydrogen-bond donors (Lipinski definition) is 0. The molecule has 2 heterocycles. The highest BCUT2D eigenvalue weighted by molar-refractivity contribution is 5.89. The first-order valence-electron chi connectivity index (χ1n) is 9.93. The van der Waals surface area contributed by atoms with Gasteiger partial charge in [-0.25, -0.2) is 9.48 Å². The summed E-state index contributed by atoms with van der Waals surface area (Å²) in [5, 5.41) is 8.07. The zero-order valence-electron chi connectivity index (χ0n) is 17.5. The van der Waals surface area contributed by atoms with E-state index in [9.17, 15) is 4.79 Å². The first-order chi connectivity index (χ1) is 15.2. The van der Waals surface area contributed by atoms with E-state index in [0.717, 1.165) is 43.3 Å². The Morgan fingerprint density at radius 2 is 1.68 bits per heavy atom. The Balaban J connectivity index is 1.56. The molecule has 4 rings (SSSR count). The molecule has 1 fully saturated rings. The minimum Gasteiger partial charge on any atom is -0.497 e. The van der Waals surface area contributed by atoms with Gasteiger partial charge in [0.1, 0.15) is 11.5 Å². The number of carbonyl (C=O) groups excluding carboxylic acids is 1. The van der Waals surface area contributed by atoms with Gasteiger partial charge in [0.2, 0.25) is 5.69 Å². The zero-order valence-corrected chi connectivity index (χ0v) is 17.5. The van der Waals surface area contributed by atoms with Crippen LogP contribution in [-0.4, -0.2) is 61.5 Å². The van der Waals surface area contributed by atoms with Crippen LogP contribution in [0.25, 0.3) is 0 Å². The summed E-state index contributed by atoms with van der Waals surface area (Å²) in [7, 11) is 2.91. The molecule has 1 aromatic heterocycles. The van der Waals surface area contributed by atoms with E-state index in [4.69, 9.17) is 18.9 Å². The van der Waals surface area contributed by atoms with Crippen LogP contribution in [0.1, 0.15) is 16.1 Å². The molecule has 0 bridgehead atoms. The third-order valence-corrected chi connectivity index (χ3v) is 4.99. The minimum absolute atomic E-state index is 0.0215. The van der Waals surface area contributed by atoms with Crippen molar-refractivity contribution in [1.82, 2.24) is 15.0 Å².